The molecular formula is C10H18O. The number of hydrogen-bond donors (Lipinski definition) is 0. The maximum Gasteiger partial charge on any atom is 0.0531 e. The third-order valence-electron chi connectivity index (χ3n) is 2.46. The van der Waals surface area contributed by atoms with Crippen LogP contribution < -0.4 is 0 Å². The van der Waals surface area contributed by atoms with Crippen LogP contribution in [-0.2, 0) is 4.74 Å². The van der Waals surface area contributed by atoms with Crippen LogP contribution >= 0.6 is 0 Å². The van der Waals surface area contributed by atoms with Gasteiger partial charge in [-0.15, -0.1) is 0 Å². The first-order valence-corrected chi connectivity index (χ1v) is 4.61. The van der Waals surface area contributed by atoms with Crippen molar-refractivity contribution in [2.24, 2.45) is 5.92 Å². The molecule has 0 aliphatic carbocycles. The van der Waals surface area contributed by atoms with Crippen LogP contribution in [-0.4, -0.2) is 13.2 Å². The molecule has 0 bridgehead atoms. The topological polar surface area (TPSA) is 9.23 Å². The standard InChI is InChI=1S/C10H18O/c1-3-9(4-2)10-6-5-7-11-8-10/h3,10H,4-8H2,1-2H3/b9-3+. The van der Waals surface area contributed by atoms with Gasteiger partial charge in [0.2, 0.25) is 0 Å². The quantitative estimate of drug-likeness (QED) is 0.556. The Morgan fingerprint density at radius 1 is 1.64 bits per heavy atom. The molecule has 0 radical (unpaired) electrons. The van der Waals surface area contributed by atoms with Crippen LogP contribution in [0.1, 0.15) is 33.1 Å². The zero-order valence-electron chi connectivity index (χ0n) is 7.60. The van der Waals surface area contributed by atoms with Gasteiger partial charge < -0.3 is 4.74 Å². The van der Waals surface area contributed by atoms with Gasteiger partial charge in [0.05, 0.1) is 6.61 Å². The predicted octanol–water partition coefficient (Wildman–Crippen LogP) is 2.77. The SMILES string of the molecule is C/C=C(\CC)C1CCCOC1. The van der Waals surface area contributed by atoms with Gasteiger partial charge in [-0.05, 0) is 26.2 Å². The van der Waals surface area contributed by atoms with E-state index in [0.717, 1.165) is 19.1 Å². The van der Waals surface area contributed by atoms with Crippen molar-refractivity contribution in [1.82, 2.24) is 0 Å². The number of allylic oxidation sites excluding steroid dienone is 1. The van der Waals surface area contributed by atoms with Crippen LogP contribution in [0.25, 0.3) is 0 Å². The summed E-state index contributed by atoms with van der Waals surface area (Å²) in [5.41, 5.74) is 1.57. The minimum atomic E-state index is 0.721. The van der Waals surface area contributed by atoms with Gasteiger partial charge in [0.25, 0.3) is 0 Å². The van der Waals surface area contributed by atoms with E-state index in [1.54, 1.807) is 5.57 Å². The summed E-state index contributed by atoms with van der Waals surface area (Å²) in [7, 11) is 0. The second kappa shape index (κ2) is 4.55. The second-order valence-electron chi connectivity index (χ2n) is 3.13. The molecule has 0 amide bonds. The molecule has 1 heterocycles. The summed E-state index contributed by atoms with van der Waals surface area (Å²) in [4.78, 5) is 0. The third-order valence-corrected chi connectivity index (χ3v) is 2.46. The molecule has 1 rings (SSSR count). The van der Waals surface area contributed by atoms with E-state index in [-0.39, 0.29) is 0 Å². The van der Waals surface area contributed by atoms with Crippen LogP contribution in [0.4, 0.5) is 0 Å². The molecule has 0 saturated carbocycles. The second-order valence-corrected chi connectivity index (χ2v) is 3.13. The lowest BCUT2D eigenvalue weighted by atomic mass is 9.91. The van der Waals surface area contributed by atoms with Gasteiger partial charge in [0.1, 0.15) is 0 Å². The van der Waals surface area contributed by atoms with E-state index in [4.69, 9.17) is 4.74 Å². The third kappa shape index (κ3) is 2.33. The molecule has 0 N–H and O–H groups in total. The Morgan fingerprint density at radius 2 is 2.45 bits per heavy atom. The highest BCUT2D eigenvalue weighted by Gasteiger charge is 2.15. The van der Waals surface area contributed by atoms with Crippen molar-refractivity contribution >= 4 is 0 Å². The first-order valence-electron chi connectivity index (χ1n) is 4.61. The van der Waals surface area contributed by atoms with Gasteiger partial charge in [-0.25, -0.2) is 0 Å². The van der Waals surface area contributed by atoms with Gasteiger partial charge in [-0.1, -0.05) is 18.6 Å². The Bertz CT molecular complexity index is 132. The van der Waals surface area contributed by atoms with E-state index in [0.29, 0.717) is 0 Å². The normalized spacial score (nSPS) is 27.1. The lowest BCUT2D eigenvalue weighted by molar-refractivity contribution is 0.0663. The van der Waals surface area contributed by atoms with Gasteiger partial charge in [0.15, 0.2) is 0 Å². The average Bonchev–Trinajstić information content (AvgIpc) is 2.09. The van der Waals surface area contributed by atoms with E-state index in [1.807, 2.05) is 0 Å². The molecule has 0 spiro atoms. The summed E-state index contributed by atoms with van der Waals surface area (Å²) in [6, 6.07) is 0. The smallest absolute Gasteiger partial charge is 0.0531 e. The minimum Gasteiger partial charge on any atom is -0.381 e. The highest BCUT2D eigenvalue weighted by molar-refractivity contribution is 5.05. The fourth-order valence-electron chi connectivity index (χ4n) is 1.76. The van der Waals surface area contributed by atoms with E-state index in [1.165, 1.54) is 19.3 Å². The van der Waals surface area contributed by atoms with Gasteiger partial charge in [0, 0.05) is 12.5 Å². The molecule has 0 aromatic rings. The van der Waals surface area contributed by atoms with Crippen molar-refractivity contribution < 1.29 is 4.74 Å². The van der Waals surface area contributed by atoms with Crippen LogP contribution in [0, 0.1) is 5.92 Å². The predicted molar refractivity (Wildman–Crippen MR) is 47.6 cm³/mol. The van der Waals surface area contributed by atoms with Gasteiger partial charge in [-0.3, -0.25) is 0 Å². The van der Waals surface area contributed by atoms with Crippen LogP contribution in [0.2, 0.25) is 0 Å². The van der Waals surface area contributed by atoms with E-state index in [9.17, 15) is 0 Å². The average molecular weight is 154 g/mol. The molecule has 11 heavy (non-hydrogen) atoms. The first kappa shape index (κ1) is 8.79. The maximum absolute atomic E-state index is 5.43. The summed E-state index contributed by atoms with van der Waals surface area (Å²) in [5, 5.41) is 0. The Labute approximate surface area is 69.4 Å². The van der Waals surface area contributed by atoms with E-state index >= 15 is 0 Å². The van der Waals surface area contributed by atoms with Crippen LogP contribution in [0.15, 0.2) is 11.6 Å². The van der Waals surface area contributed by atoms with Crippen molar-refractivity contribution in [2.45, 2.75) is 33.1 Å². The van der Waals surface area contributed by atoms with Crippen molar-refractivity contribution in [1.29, 1.82) is 0 Å². The summed E-state index contributed by atoms with van der Waals surface area (Å²) < 4.78 is 5.43. The van der Waals surface area contributed by atoms with Crippen LogP contribution in [0.3, 0.4) is 0 Å². The zero-order valence-corrected chi connectivity index (χ0v) is 7.60. The Balaban J connectivity index is 2.43. The van der Waals surface area contributed by atoms with Crippen LogP contribution in [0.5, 0.6) is 0 Å². The Kier molecular flexibility index (Phi) is 3.64. The minimum absolute atomic E-state index is 0.721. The van der Waals surface area contributed by atoms with Crippen molar-refractivity contribution in [3.8, 4) is 0 Å². The largest absolute Gasteiger partial charge is 0.381 e. The molecule has 1 atom stereocenters. The highest BCUT2D eigenvalue weighted by atomic mass is 16.5. The molecule has 1 saturated heterocycles. The maximum atomic E-state index is 5.43. The zero-order chi connectivity index (χ0) is 8.10. The van der Waals surface area contributed by atoms with Gasteiger partial charge in [-0.2, -0.15) is 0 Å². The highest BCUT2D eigenvalue weighted by Crippen LogP contribution is 2.23. The molecule has 1 unspecified atom stereocenters. The van der Waals surface area contributed by atoms with E-state index in [2.05, 4.69) is 19.9 Å². The fourth-order valence-corrected chi connectivity index (χ4v) is 1.76. The molecule has 1 fully saturated rings. The molecule has 1 aliphatic heterocycles. The summed E-state index contributed by atoms with van der Waals surface area (Å²) in [6.07, 6.45) is 6.00. The van der Waals surface area contributed by atoms with Crippen molar-refractivity contribution in [3.05, 3.63) is 11.6 Å². The fraction of sp³-hybridized carbons (Fsp3) is 0.800. The van der Waals surface area contributed by atoms with E-state index < -0.39 is 0 Å². The molecule has 1 nitrogen and oxygen atoms in total. The summed E-state index contributed by atoms with van der Waals surface area (Å²) in [5.74, 6) is 0.721. The first-order chi connectivity index (χ1) is 5.38. The molecule has 1 aliphatic rings. The monoisotopic (exact) mass is 154 g/mol. The summed E-state index contributed by atoms with van der Waals surface area (Å²) in [6.45, 7) is 6.28. The van der Waals surface area contributed by atoms with Crippen molar-refractivity contribution in [2.75, 3.05) is 13.2 Å². The number of ether oxygens (including phenoxy) is 1. The molecule has 0 aromatic heterocycles. The molecule has 1 heteroatoms. The molecule has 64 valence electrons. The summed E-state index contributed by atoms with van der Waals surface area (Å²) >= 11 is 0. The number of rotatable bonds is 2. The van der Waals surface area contributed by atoms with Gasteiger partial charge >= 0.3 is 0 Å². The molecular weight excluding hydrogens is 136 g/mol. The Hall–Kier alpha value is -0.300. The molecule has 0 aromatic carbocycles. The van der Waals surface area contributed by atoms with Crippen molar-refractivity contribution in [3.63, 3.8) is 0 Å². The Morgan fingerprint density at radius 3 is 2.91 bits per heavy atom. The lowest BCUT2D eigenvalue weighted by Crippen LogP contribution is -2.18. The number of hydrogen-bond acceptors (Lipinski definition) is 1. The lowest BCUT2D eigenvalue weighted by Gasteiger charge is -2.23.